The Morgan fingerprint density at radius 2 is 1.17 bits per heavy atom. The first-order valence-electron chi connectivity index (χ1n) is 13.3. The summed E-state index contributed by atoms with van der Waals surface area (Å²) in [6, 6.07) is 7.22. The Hall–Kier alpha value is -4.30. The lowest BCUT2D eigenvalue weighted by molar-refractivity contribution is 0.333. The Bertz CT molecular complexity index is 1520. The second-order valence-electron chi connectivity index (χ2n) is 10.7. The summed E-state index contributed by atoms with van der Waals surface area (Å²) >= 11 is 0. The van der Waals surface area contributed by atoms with Gasteiger partial charge >= 0.3 is 0 Å². The van der Waals surface area contributed by atoms with Crippen LogP contribution >= 0.6 is 20.4 Å². The highest BCUT2D eigenvalue weighted by molar-refractivity contribution is 8.46. The van der Waals surface area contributed by atoms with Gasteiger partial charge in [0.05, 0.1) is 35.9 Å². The van der Waals surface area contributed by atoms with Gasteiger partial charge in [-0.25, -0.2) is 10.1 Å². The van der Waals surface area contributed by atoms with Crippen molar-refractivity contribution in [1.82, 2.24) is 5.32 Å². The first-order valence-corrected chi connectivity index (χ1v) is 17.4. The van der Waals surface area contributed by atoms with Gasteiger partial charge in [-0.1, -0.05) is 63.7 Å². The molecule has 1 N–H and O–H groups in total. The molecule has 2 atom stereocenters. The third kappa shape index (κ3) is 9.60. The van der Waals surface area contributed by atoms with Crippen LogP contribution in [0.25, 0.3) is 4.85 Å². The van der Waals surface area contributed by atoms with Crippen LogP contribution in [0.5, 0.6) is 0 Å². The smallest absolute Gasteiger partial charge is 0.288 e. The van der Waals surface area contributed by atoms with E-state index in [4.69, 9.17) is 22.4 Å². The Kier molecular flexibility index (Phi) is 9.73. The summed E-state index contributed by atoms with van der Waals surface area (Å²) in [6.07, 6.45) is -4.10. The molecule has 2 rings (SSSR count). The van der Waals surface area contributed by atoms with Crippen molar-refractivity contribution in [2.24, 2.45) is 0 Å². The highest BCUT2D eigenvalue weighted by Crippen LogP contribution is 3.02. The van der Waals surface area contributed by atoms with Crippen LogP contribution in [0.4, 0.5) is 38.9 Å². The topological polar surface area (TPSA) is 135 Å². The minimum absolute atomic E-state index is 0.102. The molecule has 0 aromatic rings. The molecule has 0 aliphatic heterocycles. The molecular formula is C27H25F10N7S2. The molecular weight excluding hydrogens is 676 g/mol. The summed E-state index contributed by atoms with van der Waals surface area (Å²) in [5.41, 5.74) is -4.88. The van der Waals surface area contributed by atoms with Gasteiger partial charge in [0, 0.05) is 18.7 Å². The van der Waals surface area contributed by atoms with E-state index in [0.29, 0.717) is 19.3 Å². The average Bonchev–Trinajstić information content (AvgIpc) is 2.92. The number of hydrogen-bond donors (Lipinski definition) is 1. The first-order chi connectivity index (χ1) is 20.8. The van der Waals surface area contributed by atoms with Crippen molar-refractivity contribution in [2.75, 3.05) is 6.54 Å². The molecule has 0 bridgehead atoms. The lowest BCUT2D eigenvalue weighted by Gasteiger charge is -2.49. The maximum Gasteiger partial charge on any atom is 0.288 e. The van der Waals surface area contributed by atoms with Gasteiger partial charge in [-0.15, -0.1) is 0 Å². The van der Waals surface area contributed by atoms with Gasteiger partial charge in [0.2, 0.25) is 0 Å². The lowest BCUT2D eigenvalue weighted by Crippen LogP contribution is -2.33. The van der Waals surface area contributed by atoms with Crippen molar-refractivity contribution in [3.8, 4) is 30.3 Å². The minimum atomic E-state index is -10.1. The Balaban J connectivity index is 2.10. The fraction of sp³-hybridized carbons (Fsp3) is 0.481. The van der Waals surface area contributed by atoms with Crippen LogP contribution in [0.2, 0.25) is 0 Å². The lowest BCUT2D eigenvalue weighted by atomic mass is 9.83. The fourth-order valence-corrected chi connectivity index (χ4v) is 7.16. The molecule has 0 amide bonds. The molecule has 0 saturated heterocycles. The van der Waals surface area contributed by atoms with Crippen molar-refractivity contribution < 1.29 is 38.9 Å². The molecule has 2 unspecified atom stereocenters. The highest BCUT2D eigenvalue weighted by Gasteiger charge is 2.71. The number of rotatable bonds is 11. The second-order valence-corrected chi connectivity index (χ2v) is 16.2. The van der Waals surface area contributed by atoms with Crippen LogP contribution in [0.1, 0.15) is 64.2 Å². The zero-order valence-corrected chi connectivity index (χ0v) is 25.3. The fourth-order valence-electron chi connectivity index (χ4n) is 5.20. The van der Waals surface area contributed by atoms with Crippen molar-refractivity contribution in [2.45, 2.75) is 74.7 Å². The molecule has 0 aromatic heterocycles. The minimum Gasteiger partial charge on any atom is -0.387 e. The molecule has 0 fully saturated rings. The molecule has 46 heavy (non-hydrogen) atoms. The zero-order valence-electron chi connectivity index (χ0n) is 23.7. The third-order valence-electron chi connectivity index (χ3n) is 7.53. The molecule has 0 aromatic carbocycles. The molecule has 19 heteroatoms. The maximum absolute atomic E-state index is 13.7. The number of nitrogens with one attached hydrogen (secondary N) is 1. The number of halogens is 10. The summed E-state index contributed by atoms with van der Waals surface area (Å²) in [7, 11) is -20.2. The van der Waals surface area contributed by atoms with E-state index in [9.17, 15) is 49.4 Å². The molecule has 2 aliphatic rings. The highest BCUT2D eigenvalue weighted by atomic mass is 32.5. The van der Waals surface area contributed by atoms with Gasteiger partial charge in [-0.2, -0.15) is 21.0 Å². The zero-order chi connectivity index (χ0) is 35.3. The van der Waals surface area contributed by atoms with E-state index in [0.717, 1.165) is 0 Å². The molecule has 7 nitrogen and oxygen atoms in total. The number of nitriles is 5. The van der Waals surface area contributed by atoms with Crippen LogP contribution in [-0.4, -0.2) is 17.0 Å². The largest absolute Gasteiger partial charge is 0.387 e. The molecule has 0 heterocycles. The summed E-state index contributed by atoms with van der Waals surface area (Å²) < 4.78 is 137. The van der Waals surface area contributed by atoms with Crippen molar-refractivity contribution in [3.63, 3.8) is 0 Å². The van der Waals surface area contributed by atoms with Crippen LogP contribution in [0, 0.1) is 63.2 Å². The second kappa shape index (κ2) is 11.8. The number of unbranched alkanes of at least 4 members (excludes halogenated alkanes) is 4. The van der Waals surface area contributed by atoms with E-state index in [2.05, 4.69) is 10.2 Å². The molecule has 0 saturated carbocycles. The van der Waals surface area contributed by atoms with E-state index in [1.807, 2.05) is 0 Å². The predicted octanol–water partition coefficient (Wildman–Crippen LogP) is 10.5. The van der Waals surface area contributed by atoms with Gasteiger partial charge in [0.15, 0.2) is 0 Å². The van der Waals surface area contributed by atoms with Crippen LogP contribution in [0.15, 0.2) is 44.8 Å². The summed E-state index contributed by atoms with van der Waals surface area (Å²) in [4.78, 5) is 2.76. The number of allylic oxidation sites excluding steroid dienone is 8. The van der Waals surface area contributed by atoms with Gasteiger partial charge in [0.25, 0.3) is 26.1 Å². The van der Waals surface area contributed by atoms with Crippen molar-refractivity contribution >= 4 is 20.4 Å². The van der Waals surface area contributed by atoms with E-state index >= 15 is 0 Å². The van der Waals surface area contributed by atoms with E-state index in [-0.39, 0.29) is 31.4 Å². The Morgan fingerprint density at radius 1 is 0.674 bits per heavy atom. The van der Waals surface area contributed by atoms with Gasteiger partial charge < -0.3 is 5.32 Å². The average molecular weight is 702 g/mol. The van der Waals surface area contributed by atoms with Crippen molar-refractivity contribution in [3.05, 3.63) is 56.2 Å². The normalized spacial score (nSPS) is 23.0. The SMILES string of the molecule is [C-]#[N+]/C(C#N)=C1\CC(S(F)(F)(F)(F)F)CC(NCCCCCCCC2=C(C#N)C(=C(C#N)C#N)CC(S(F)(F)(F)(F)F)C2)=C1C#N. The van der Waals surface area contributed by atoms with Crippen LogP contribution < -0.4 is 5.32 Å². The summed E-state index contributed by atoms with van der Waals surface area (Å²) in [6.45, 7) is 6.89. The number of hydrogen-bond acceptors (Lipinski definition) is 6. The molecule has 2 aliphatic carbocycles. The monoisotopic (exact) mass is 701 g/mol. The molecule has 250 valence electrons. The van der Waals surface area contributed by atoms with E-state index < -0.39 is 95.9 Å². The predicted molar refractivity (Wildman–Crippen MR) is 151 cm³/mol. The first kappa shape index (κ1) is 37.9. The summed E-state index contributed by atoms with van der Waals surface area (Å²) in [5, 5.41) is 42.4. The maximum atomic E-state index is 13.7. The molecule has 0 spiro atoms. The molecule has 0 radical (unpaired) electrons. The Morgan fingerprint density at radius 3 is 1.65 bits per heavy atom. The summed E-state index contributed by atoms with van der Waals surface area (Å²) in [5.74, 6) is 0. The Labute approximate surface area is 258 Å². The van der Waals surface area contributed by atoms with E-state index in [1.54, 1.807) is 12.1 Å². The van der Waals surface area contributed by atoms with Crippen LogP contribution in [0.3, 0.4) is 0 Å². The van der Waals surface area contributed by atoms with Crippen LogP contribution in [-0.2, 0) is 0 Å². The number of nitrogens with zero attached hydrogens (tertiary/aromatic N) is 6. The van der Waals surface area contributed by atoms with Gasteiger partial charge in [-0.05, 0) is 49.7 Å². The third-order valence-corrected chi connectivity index (χ3v) is 10.7. The van der Waals surface area contributed by atoms with Crippen molar-refractivity contribution in [1.29, 1.82) is 26.3 Å². The van der Waals surface area contributed by atoms with Gasteiger partial charge in [-0.3, -0.25) is 0 Å². The van der Waals surface area contributed by atoms with E-state index in [1.165, 1.54) is 18.2 Å². The standard InChI is InChI=1S/C27H25F10N7S2/c1-43-27(17-42)23-11-21(46(33,34,35,36)37)12-26(25(23)16-41)44-8-6-4-2-3-5-7-18-9-20(45(28,29,30,31)32)10-22(24(18)15-40)19(13-38)14-39/h20-21,44H,2-12H2/b27-23+. The quantitative estimate of drug-likeness (QED) is 0.0986. The van der Waals surface area contributed by atoms with Gasteiger partial charge in [0.1, 0.15) is 28.2 Å².